The van der Waals surface area contributed by atoms with E-state index in [4.69, 9.17) is 21.7 Å². The molecule has 2 unspecified atom stereocenters. The number of rotatable bonds is 4. The van der Waals surface area contributed by atoms with Crippen molar-refractivity contribution in [1.29, 1.82) is 0 Å². The van der Waals surface area contributed by atoms with E-state index in [9.17, 15) is 0 Å². The lowest BCUT2D eigenvalue weighted by Gasteiger charge is -2.46. The van der Waals surface area contributed by atoms with Crippen LogP contribution in [-0.2, 0) is 9.47 Å². The molecule has 1 aliphatic heterocycles. The second kappa shape index (κ2) is 6.99. The lowest BCUT2D eigenvalue weighted by atomic mass is 10.2. The highest BCUT2D eigenvalue weighted by Gasteiger charge is 2.43. The van der Waals surface area contributed by atoms with Crippen LogP contribution in [0.15, 0.2) is 0 Å². The van der Waals surface area contributed by atoms with Gasteiger partial charge in [0.25, 0.3) is 0 Å². The van der Waals surface area contributed by atoms with E-state index >= 15 is 0 Å². The molecule has 0 saturated carbocycles. The standard InChI is InChI=1S/C13H25O2PS2/c1-7(2)10-14-11(8(3)4)16(13(17)18)12(15-10)9(5)6/h7-12H,1-6H3,(H,17,18). The Morgan fingerprint density at radius 1 is 0.944 bits per heavy atom. The van der Waals surface area contributed by atoms with Gasteiger partial charge in [-0.2, -0.15) is 0 Å². The fourth-order valence-corrected chi connectivity index (χ4v) is 5.89. The predicted octanol–water partition coefficient (Wildman–Crippen LogP) is 4.68. The number of hydrogen-bond donors (Lipinski definition) is 1. The highest BCUT2D eigenvalue weighted by molar-refractivity contribution is 8.27. The summed E-state index contributed by atoms with van der Waals surface area (Å²) < 4.78 is 13.0. The van der Waals surface area contributed by atoms with Gasteiger partial charge in [-0.15, -0.1) is 12.6 Å². The maximum atomic E-state index is 6.13. The minimum absolute atomic E-state index is 0.119. The zero-order valence-corrected chi connectivity index (χ0v) is 14.7. The third-order valence-electron chi connectivity index (χ3n) is 3.00. The van der Waals surface area contributed by atoms with Crippen molar-refractivity contribution in [2.45, 2.75) is 59.5 Å². The van der Waals surface area contributed by atoms with Gasteiger partial charge in [0.05, 0.1) is 15.6 Å². The molecule has 0 aromatic heterocycles. The molecule has 5 heteroatoms. The van der Waals surface area contributed by atoms with Crippen LogP contribution in [0.25, 0.3) is 0 Å². The minimum atomic E-state index is -0.637. The maximum Gasteiger partial charge on any atom is 0.161 e. The first kappa shape index (κ1) is 16.8. The first-order chi connectivity index (χ1) is 8.25. The summed E-state index contributed by atoms with van der Waals surface area (Å²) in [6.45, 7) is 13.0. The fraction of sp³-hybridized carbons (Fsp3) is 0.923. The molecule has 1 fully saturated rings. The van der Waals surface area contributed by atoms with E-state index < -0.39 is 7.92 Å². The lowest BCUT2D eigenvalue weighted by Crippen LogP contribution is -2.43. The quantitative estimate of drug-likeness (QED) is 0.462. The van der Waals surface area contributed by atoms with Gasteiger partial charge in [0.2, 0.25) is 0 Å². The molecule has 1 aliphatic rings. The van der Waals surface area contributed by atoms with Gasteiger partial charge in [0, 0.05) is 13.8 Å². The Morgan fingerprint density at radius 3 is 1.56 bits per heavy atom. The SMILES string of the molecule is CC(C)C1OC(C(C)C)P(C(=S)S)C(C(C)C)O1. The Bertz CT molecular complexity index is 277. The molecule has 0 radical (unpaired) electrons. The lowest BCUT2D eigenvalue weighted by molar-refractivity contribution is -0.210. The van der Waals surface area contributed by atoms with Crippen molar-refractivity contribution in [2.24, 2.45) is 17.8 Å². The summed E-state index contributed by atoms with van der Waals surface area (Å²) in [5, 5.41) is 0. The molecule has 0 amide bonds. The Kier molecular flexibility index (Phi) is 6.54. The van der Waals surface area contributed by atoms with Crippen molar-refractivity contribution >= 4 is 36.7 Å². The number of hydrogen-bond acceptors (Lipinski definition) is 3. The second-order valence-corrected chi connectivity index (χ2v) is 9.94. The molecule has 18 heavy (non-hydrogen) atoms. The van der Waals surface area contributed by atoms with Crippen LogP contribution in [0, 0.1) is 17.8 Å². The van der Waals surface area contributed by atoms with Crippen LogP contribution in [0.3, 0.4) is 0 Å². The van der Waals surface area contributed by atoms with E-state index in [1.165, 1.54) is 0 Å². The van der Waals surface area contributed by atoms with Gasteiger partial charge in [-0.1, -0.05) is 53.8 Å². The normalized spacial score (nSPS) is 33.4. The summed E-state index contributed by atoms with van der Waals surface area (Å²) in [5.41, 5.74) is 0. The molecule has 1 heterocycles. The largest absolute Gasteiger partial charge is 0.344 e. The average molecular weight is 308 g/mol. The summed E-state index contributed by atoms with van der Waals surface area (Å²) in [6, 6.07) is 0. The Labute approximate surface area is 123 Å². The first-order valence-electron chi connectivity index (χ1n) is 6.57. The van der Waals surface area contributed by atoms with Crippen molar-refractivity contribution < 1.29 is 9.47 Å². The van der Waals surface area contributed by atoms with Gasteiger partial charge >= 0.3 is 0 Å². The summed E-state index contributed by atoms with van der Waals surface area (Å²) in [4.78, 5) is 0. The van der Waals surface area contributed by atoms with E-state index in [0.717, 1.165) is 3.94 Å². The van der Waals surface area contributed by atoms with Crippen LogP contribution in [-0.4, -0.2) is 21.9 Å². The van der Waals surface area contributed by atoms with Gasteiger partial charge in [-0.25, -0.2) is 0 Å². The van der Waals surface area contributed by atoms with Crippen molar-refractivity contribution in [3.8, 4) is 0 Å². The van der Waals surface area contributed by atoms with Gasteiger partial charge < -0.3 is 9.47 Å². The van der Waals surface area contributed by atoms with Crippen molar-refractivity contribution in [1.82, 2.24) is 0 Å². The summed E-state index contributed by atoms with van der Waals surface area (Å²) >= 11 is 9.78. The number of ether oxygens (including phenoxy) is 2. The van der Waals surface area contributed by atoms with Crippen molar-refractivity contribution in [3.63, 3.8) is 0 Å². The van der Waals surface area contributed by atoms with E-state index in [-0.39, 0.29) is 18.0 Å². The van der Waals surface area contributed by atoms with Crippen LogP contribution >= 0.6 is 32.8 Å². The highest BCUT2D eigenvalue weighted by atomic mass is 32.1. The maximum absolute atomic E-state index is 6.13. The molecule has 0 bridgehead atoms. The van der Waals surface area contributed by atoms with E-state index in [2.05, 4.69) is 54.2 Å². The second-order valence-electron chi connectivity index (χ2n) is 5.84. The first-order valence-corrected chi connectivity index (χ1v) is 8.91. The molecule has 1 rings (SSSR count). The Hall–Kier alpha value is 0.790. The molecule has 0 aromatic carbocycles. The summed E-state index contributed by atoms with van der Waals surface area (Å²) in [5.74, 6) is 1.57. The van der Waals surface area contributed by atoms with Crippen LogP contribution in [0.5, 0.6) is 0 Å². The fourth-order valence-electron chi connectivity index (χ4n) is 2.07. The smallest absolute Gasteiger partial charge is 0.161 e. The van der Waals surface area contributed by atoms with Gasteiger partial charge in [0.15, 0.2) is 6.29 Å². The summed E-state index contributed by atoms with van der Waals surface area (Å²) in [6.07, 6.45) is -0.119. The molecule has 0 N–H and O–H groups in total. The van der Waals surface area contributed by atoms with Crippen LogP contribution < -0.4 is 0 Å². The molecule has 2 atom stereocenters. The Morgan fingerprint density at radius 2 is 1.33 bits per heavy atom. The van der Waals surface area contributed by atoms with E-state index in [1.54, 1.807) is 0 Å². The minimum Gasteiger partial charge on any atom is -0.344 e. The third-order valence-corrected chi connectivity index (χ3v) is 7.30. The third kappa shape index (κ3) is 3.89. The average Bonchev–Trinajstić information content (AvgIpc) is 2.26. The number of thiocarbonyl (C=S) groups is 1. The highest BCUT2D eigenvalue weighted by Crippen LogP contribution is 2.58. The molecule has 0 spiro atoms. The van der Waals surface area contributed by atoms with Crippen LogP contribution in [0.4, 0.5) is 0 Å². The van der Waals surface area contributed by atoms with Gasteiger partial charge in [-0.3, -0.25) is 0 Å². The van der Waals surface area contributed by atoms with E-state index in [0.29, 0.717) is 17.8 Å². The van der Waals surface area contributed by atoms with Gasteiger partial charge in [0.1, 0.15) is 0 Å². The predicted molar refractivity (Wildman–Crippen MR) is 86.6 cm³/mol. The van der Waals surface area contributed by atoms with Crippen molar-refractivity contribution in [3.05, 3.63) is 0 Å². The zero-order valence-electron chi connectivity index (χ0n) is 12.1. The number of thiol groups is 1. The molecular weight excluding hydrogens is 283 g/mol. The zero-order chi connectivity index (χ0) is 14.0. The molecule has 0 aliphatic carbocycles. The van der Waals surface area contributed by atoms with E-state index in [1.807, 2.05) is 0 Å². The van der Waals surface area contributed by atoms with Crippen molar-refractivity contribution in [2.75, 3.05) is 0 Å². The Balaban J connectivity index is 3.00. The molecular formula is C13H25O2PS2. The monoisotopic (exact) mass is 308 g/mol. The topological polar surface area (TPSA) is 18.5 Å². The molecule has 0 aromatic rings. The van der Waals surface area contributed by atoms with Gasteiger partial charge in [-0.05, 0) is 11.8 Å². The molecule has 1 saturated heterocycles. The van der Waals surface area contributed by atoms with Crippen LogP contribution in [0.2, 0.25) is 0 Å². The molecule has 2 nitrogen and oxygen atoms in total. The van der Waals surface area contributed by atoms with Crippen LogP contribution in [0.1, 0.15) is 41.5 Å². The molecule has 106 valence electrons. The summed E-state index contributed by atoms with van der Waals surface area (Å²) in [7, 11) is -0.637.